The number of benzene rings is 2. The lowest BCUT2D eigenvalue weighted by Gasteiger charge is -2.39. The minimum atomic E-state index is -0.546. The van der Waals surface area contributed by atoms with Crippen molar-refractivity contribution < 1.29 is 9.59 Å². The van der Waals surface area contributed by atoms with E-state index in [-0.39, 0.29) is 11.8 Å². The standard InChI is InChI=1S/C20H18N4O2S/c1-12-22-23-20(27-12)21-18(25)16-14-10-6-7-11-15(14)19(26)24(2)17(16)13-8-4-3-5-9-13/h3-11,16-17H,1-2H3,(H,21,23,25)/t16-,17+/m0/s1. The fourth-order valence-corrected chi connectivity index (χ4v) is 4.15. The van der Waals surface area contributed by atoms with Gasteiger partial charge in [0.1, 0.15) is 5.01 Å². The van der Waals surface area contributed by atoms with Crippen LogP contribution in [0.3, 0.4) is 0 Å². The Morgan fingerprint density at radius 2 is 1.78 bits per heavy atom. The number of fused-ring (bicyclic) bond motifs is 1. The van der Waals surface area contributed by atoms with E-state index in [1.807, 2.05) is 55.5 Å². The average molecular weight is 378 g/mol. The highest BCUT2D eigenvalue weighted by atomic mass is 32.1. The summed E-state index contributed by atoms with van der Waals surface area (Å²) < 4.78 is 0. The minimum Gasteiger partial charge on any atom is -0.334 e. The smallest absolute Gasteiger partial charge is 0.254 e. The molecule has 0 saturated carbocycles. The van der Waals surface area contributed by atoms with E-state index in [1.165, 1.54) is 11.3 Å². The Balaban J connectivity index is 1.81. The second-order valence-electron chi connectivity index (χ2n) is 6.45. The molecule has 3 aromatic rings. The molecule has 1 aliphatic rings. The van der Waals surface area contributed by atoms with Crippen LogP contribution in [0.4, 0.5) is 5.13 Å². The van der Waals surface area contributed by atoms with Crippen LogP contribution in [0, 0.1) is 6.92 Å². The summed E-state index contributed by atoms with van der Waals surface area (Å²) in [6, 6.07) is 16.5. The molecule has 0 radical (unpaired) electrons. The maximum absolute atomic E-state index is 13.3. The molecular weight excluding hydrogens is 360 g/mol. The average Bonchev–Trinajstić information content (AvgIpc) is 3.09. The molecule has 0 aliphatic carbocycles. The largest absolute Gasteiger partial charge is 0.334 e. The number of likely N-dealkylation sites (N-methyl/N-ethyl adjacent to an activating group) is 1. The van der Waals surface area contributed by atoms with Crippen LogP contribution in [-0.4, -0.2) is 34.0 Å². The number of rotatable bonds is 3. The third-order valence-corrected chi connectivity index (χ3v) is 5.51. The van der Waals surface area contributed by atoms with Gasteiger partial charge in [0.25, 0.3) is 5.91 Å². The molecule has 0 unspecified atom stereocenters. The number of aromatic nitrogens is 2. The van der Waals surface area contributed by atoms with Gasteiger partial charge in [-0.2, -0.15) is 0 Å². The minimum absolute atomic E-state index is 0.0877. The summed E-state index contributed by atoms with van der Waals surface area (Å²) in [6.45, 7) is 1.84. The molecule has 0 spiro atoms. The number of hydrogen-bond acceptors (Lipinski definition) is 5. The van der Waals surface area contributed by atoms with Gasteiger partial charge in [0.2, 0.25) is 11.0 Å². The van der Waals surface area contributed by atoms with E-state index in [0.717, 1.165) is 16.1 Å². The van der Waals surface area contributed by atoms with Crippen LogP contribution in [-0.2, 0) is 4.79 Å². The van der Waals surface area contributed by atoms with Crippen LogP contribution in [0.5, 0.6) is 0 Å². The number of nitrogens with zero attached hydrogens (tertiary/aromatic N) is 3. The summed E-state index contributed by atoms with van der Waals surface area (Å²) in [7, 11) is 1.74. The molecule has 0 bridgehead atoms. The highest BCUT2D eigenvalue weighted by Gasteiger charge is 2.42. The first kappa shape index (κ1) is 17.4. The highest BCUT2D eigenvalue weighted by molar-refractivity contribution is 7.15. The van der Waals surface area contributed by atoms with Crippen molar-refractivity contribution in [2.45, 2.75) is 18.9 Å². The van der Waals surface area contributed by atoms with Crippen LogP contribution >= 0.6 is 11.3 Å². The Bertz CT molecular complexity index is 1000. The molecule has 2 heterocycles. The Hall–Kier alpha value is -3.06. The second-order valence-corrected chi connectivity index (χ2v) is 7.63. The van der Waals surface area contributed by atoms with Gasteiger partial charge in [0.05, 0.1) is 12.0 Å². The van der Waals surface area contributed by atoms with Crippen molar-refractivity contribution in [2.75, 3.05) is 12.4 Å². The fourth-order valence-electron chi connectivity index (χ4n) is 3.55. The Labute approximate surface area is 160 Å². The van der Waals surface area contributed by atoms with Crippen LogP contribution in [0.2, 0.25) is 0 Å². The molecule has 2 atom stereocenters. The van der Waals surface area contributed by atoms with Gasteiger partial charge >= 0.3 is 0 Å². The third kappa shape index (κ3) is 3.10. The number of aryl methyl sites for hydroxylation is 1. The van der Waals surface area contributed by atoms with Crippen molar-refractivity contribution in [3.05, 3.63) is 76.3 Å². The molecule has 1 N–H and O–H groups in total. The van der Waals surface area contributed by atoms with Gasteiger partial charge in [-0.1, -0.05) is 59.9 Å². The van der Waals surface area contributed by atoms with Crippen molar-refractivity contribution in [2.24, 2.45) is 0 Å². The van der Waals surface area contributed by atoms with E-state index in [2.05, 4.69) is 15.5 Å². The molecule has 0 fully saturated rings. The first-order valence-electron chi connectivity index (χ1n) is 8.58. The maximum Gasteiger partial charge on any atom is 0.254 e. The zero-order valence-corrected chi connectivity index (χ0v) is 15.7. The van der Waals surface area contributed by atoms with Gasteiger partial charge in [-0.05, 0) is 24.1 Å². The molecule has 0 saturated heterocycles. The van der Waals surface area contributed by atoms with Crippen LogP contribution in [0.15, 0.2) is 54.6 Å². The zero-order chi connectivity index (χ0) is 19.0. The maximum atomic E-state index is 13.3. The quantitative estimate of drug-likeness (QED) is 0.758. The van der Waals surface area contributed by atoms with E-state index < -0.39 is 12.0 Å². The number of carbonyl (C=O) groups is 2. The van der Waals surface area contributed by atoms with Crippen LogP contribution in [0.1, 0.15) is 38.5 Å². The number of carbonyl (C=O) groups excluding carboxylic acids is 2. The van der Waals surface area contributed by atoms with Crippen molar-refractivity contribution in [1.82, 2.24) is 15.1 Å². The van der Waals surface area contributed by atoms with Crippen molar-refractivity contribution in [3.63, 3.8) is 0 Å². The number of hydrogen-bond donors (Lipinski definition) is 1. The van der Waals surface area contributed by atoms with Gasteiger partial charge in [-0.3, -0.25) is 14.9 Å². The van der Waals surface area contributed by atoms with Crippen molar-refractivity contribution in [1.29, 1.82) is 0 Å². The normalized spacial score (nSPS) is 18.9. The van der Waals surface area contributed by atoms with Gasteiger partial charge in [0, 0.05) is 12.6 Å². The summed E-state index contributed by atoms with van der Waals surface area (Å²) in [4.78, 5) is 27.8. The number of nitrogens with one attached hydrogen (secondary N) is 1. The summed E-state index contributed by atoms with van der Waals surface area (Å²) >= 11 is 1.33. The Morgan fingerprint density at radius 1 is 1.07 bits per heavy atom. The summed E-state index contributed by atoms with van der Waals surface area (Å²) in [5.74, 6) is -0.836. The molecule has 2 amide bonds. The Morgan fingerprint density at radius 3 is 2.48 bits per heavy atom. The summed E-state index contributed by atoms with van der Waals surface area (Å²) in [6.07, 6.45) is 0. The topological polar surface area (TPSA) is 75.2 Å². The second kappa shape index (κ2) is 6.92. The summed E-state index contributed by atoms with van der Waals surface area (Å²) in [5.41, 5.74) is 2.20. The lowest BCUT2D eigenvalue weighted by atomic mass is 9.79. The summed E-state index contributed by atoms with van der Waals surface area (Å²) in [5, 5.41) is 12.1. The monoisotopic (exact) mass is 378 g/mol. The molecule has 1 aromatic heterocycles. The van der Waals surface area contributed by atoms with E-state index in [0.29, 0.717) is 10.7 Å². The molecule has 4 rings (SSSR count). The molecular formula is C20H18N4O2S. The highest BCUT2D eigenvalue weighted by Crippen LogP contribution is 2.42. The Kier molecular flexibility index (Phi) is 4.45. The predicted octanol–water partition coefficient (Wildman–Crippen LogP) is 3.40. The first-order valence-corrected chi connectivity index (χ1v) is 9.40. The first-order chi connectivity index (χ1) is 13.1. The van der Waals surface area contributed by atoms with Crippen molar-refractivity contribution in [3.8, 4) is 0 Å². The predicted molar refractivity (Wildman–Crippen MR) is 104 cm³/mol. The molecule has 6 nitrogen and oxygen atoms in total. The lowest BCUT2D eigenvalue weighted by molar-refractivity contribution is -0.119. The third-order valence-electron chi connectivity index (χ3n) is 4.76. The molecule has 2 aromatic carbocycles. The SMILES string of the molecule is Cc1nnc(NC(=O)[C@H]2c3ccccc3C(=O)N(C)[C@@H]2c2ccccc2)s1. The van der Waals surface area contributed by atoms with Gasteiger partial charge in [-0.25, -0.2) is 0 Å². The van der Waals surface area contributed by atoms with Crippen LogP contribution in [0.25, 0.3) is 0 Å². The van der Waals surface area contributed by atoms with E-state index in [9.17, 15) is 9.59 Å². The molecule has 136 valence electrons. The zero-order valence-electron chi connectivity index (χ0n) is 14.9. The molecule has 1 aliphatic heterocycles. The van der Waals surface area contributed by atoms with Gasteiger partial charge < -0.3 is 4.90 Å². The van der Waals surface area contributed by atoms with E-state index >= 15 is 0 Å². The van der Waals surface area contributed by atoms with E-state index in [4.69, 9.17) is 0 Å². The van der Waals surface area contributed by atoms with Gasteiger partial charge in [-0.15, -0.1) is 10.2 Å². The number of amides is 2. The lowest BCUT2D eigenvalue weighted by Crippen LogP contribution is -2.44. The van der Waals surface area contributed by atoms with Crippen molar-refractivity contribution >= 4 is 28.3 Å². The van der Waals surface area contributed by atoms with E-state index in [1.54, 1.807) is 18.0 Å². The van der Waals surface area contributed by atoms with Gasteiger partial charge in [0.15, 0.2) is 0 Å². The van der Waals surface area contributed by atoms with Crippen LogP contribution < -0.4 is 5.32 Å². The number of anilines is 1. The molecule has 27 heavy (non-hydrogen) atoms. The molecule has 7 heteroatoms. The fraction of sp³-hybridized carbons (Fsp3) is 0.200.